The van der Waals surface area contributed by atoms with E-state index in [0.29, 0.717) is 25.3 Å². The van der Waals surface area contributed by atoms with Gasteiger partial charge in [-0.3, -0.25) is 4.79 Å². The number of hydrogen-bond donors (Lipinski definition) is 3. The number of carbonyl (C=O) groups is 1. The van der Waals surface area contributed by atoms with Crippen molar-refractivity contribution in [2.75, 3.05) is 40.0 Å². The number of ether oxygens (including phenoxy) is 2. The van der Waals surface area contributed by atoms with E-state index in [1.54, 1.807) is 7.11 Å². The Morgan fingerprint density at radius 1 is 1.19 bits per heavy atom. The lowest BCUT2D eigenvalue weighted by Crippen LogP contribution is -2.66. The van der Waals surface area contributed by atoms with Gasteiger partial charge in [0.05, 0.1) is 12.7 Å². The maximum absolute atomic E-state index is 11.9. The molecular weight excluding hydrogens is 332 g/mol. The van der Waals surface area contributed by atoms with E-state index in [2.05, 4.69) is 27.9 Å². The molecule has 2 unspecified atom stereocenters. The van der Waals surface area contributed by atoms with E-state index in [1.165, 1.54) is 32.1 Å². The van der Waals surface area contributed by atoms with Crippen LogP contribution >= 0.6 is 0 Å². The Morgan fingerprint density at radius 3 is 2.62 bits per heavy atom. The molecule has 0 aromatic rings. The first-order chi connectivity index (χ1) is 12.7. The van der Waals surface area contributed by atoms with E-state index in [-0.39, 0.29) is 17.9 Å². The molecule has 0 aliphatic heterocycles. The van der Waals surface area contributed by atoms with Gasteiger partial charge in [-0.15, -0.1) is 0 Å². The lowest BCUT2D eigenvalue weighted by atomic mass is 9.55. The Labute approximate surface area is 157 Å². The number of carbonyl (C=O) groups excluding carboxylic acids is 1. The Morgan fingerprint density at radius 2 is 1.96 bits per heavy atom. The zero-order valence-corrected chi connectivity index (χ0v) is 16.6. The lowest BCUT2D eigenvalue weighted by Gasteiger charge is -2.57. The molecule has 1 amide bonds. The first kappa shape index (κ1) is 21.0. The number of aliphatic imine (C=N–C) groups is 1. The average molecular weight is 369 g/mol. The van der Waals surface area contributed by atoms with Gasteiger partial charge in [0.2, 0.25) is 5.91 Å². The first-order valence-electron chi connectivity index (χ1n) is 10.1. The largest absolute Gasteiger partial charge is 0.383 e. The minimum absolute atomic E-state index is 0.0903. The van der Waals surface area contributed by atoms with E-state index in [4.69, 9.17) is 9.47 Å². The van der Waals surface area contributed by atoms with Crippen molar-refractivity contribution in [3.05, 3.63) is 0 Å². The van der Waals surface area contributed by atoms with Crippen LogP contribution in [0.4, 0.5) is 0 Å². The molecule has 0 heterocycles. The minimum atomic E-state index is -0.0903. The highest BCUT2D eigenvalue weighted by Crippen LogP contribution is 2.53. The Bertz CT molecular complexity index is 464. The Hall–Kier alpha value is -1.34. The third-order valence-corrected chi connectivity index (χ3v) is 5.60. The van der Waals surface area contributed by atoms with Gasteiger partial charge in [-0.25, -0.2) is 4.99 Å². The standard InChI is InChI=1S/C19H36N4O3/c1-4-20-18(22-14-17(24)21-11-12-25-3)23-15-13-16(26-5-2)19(15)9-7-6-8-10-19/h15-16H,4-14H2,1-3H3,(H,21,24)(H2,20,22,23). The second kappa shape index (κ2) is 10.7. The van der Waals surface area contributed by atoms with Crippen LogP contribution in [0.15, 0.2) is 4.99 Å². The molecule has 7 heteroatoms. The van der Waals surface area contributed by atoms with Crippen LogP contribution in [0.25, 0.3) is 0 Å². The van der Waals surface area contributed by atoms with Crippen LogP contribution in [0, 0.1) is 5.41 Å². The van der Waals surface area contributed by atoms with E-state index in [9.17, 15) is 4.79 Å². The van der Waals surface area contributed by atoms with Crippen LogP contribution in [0.2, 0.25) is 0 Å². The molecule has 2 atom stereocenters. The molecule has 26 heavy (non-hydrogen) atoms. The van der Waals surface area contributed by atoms with Crippen molar-refractivity contribution in [1.29, 1.82) is 0 Å². The van der Waals surface area contributed by atoms with Crippen LogP contribution in [0.1, 0.15) is 52.4 Å². The van der Waals surface area contributed by atoms with Gasteiger partial charge in [-0.05, 0) is 33.1 Å². The van der Waals surface area contributed by atoms with Gasteiger partial charge in [0.15, 0.2) is 5.96 Å². The number of methoxy groups -OCH3 is 1. The zero-order chi connectivity index (χ0) is 18.8. The summed E-state index contributed by atoms with van der Waals surface area (Å²) in [6.07, 6.45) is 7.67. The van der Waals surface area contributed by atoms with Gasteiger partial charge >= 0.3 is 0 Å². The number of nitrogens with one attached hydrogen (secondary N) is 3. The molecule has 0 aromatic carbocycles. The van der Waals surface area contributed by atoms with E-state index < -0.39 is 0 Å². The summed E-state index contributed by atoms with van der Waals surface area (Å²) in [6.45, 7) is 6.79. The van der Waals surface area contributed by atoms with E-state index >= 15 is 0 Å². The summed E-state index contributed by atoms with van der Waals surface area (Å²) in [5.41, 5.74) is 0.227. The molecule has 0 bridgehead atoms. The van der Waals surface area contributed by atoms with Crippen molar-refractivity contribution in [3.63, 3.8) is 0 Å². The monoisotopic (exact) mass is 368 g/mol. The fourth-order valence-corrected chi connectivity index (χ4v) is 4.25. The fraction of sp³-hybridized carbons (Fsp3) is 0.895. The molecule has 2 aliphatic rings. The minimum Gasteiger partial charge on any atom is -0.383 e. The summed E-state index contributed by atoms with van der Waals surface area (Å²) < 4.78 is 11.0. The second-order valence-electron chi connectivity index (χ2n) is 7.21. The van der Waals surface area contributed by atoms with Crippen molar-refractivity contribution in [3.8, 4) is 0 Å². The van der Waals surface area contributed by atoms with Crippen LogP contribution in [0.3, 0.4) is 0 Å². The topological polar surface area (TPSA) is 84.0 Å². The Kier molecular flexibility index (Phi) is 8.65. The fourth-order valence-electron chi connectivity index (χ4n) is 4.25. The predicted molar refractivity (Wildman–Crippen MR) is 103 cm³/mol. The van der Waals surface area contributed by atoms with Crippen LogP contribution in [-0.4, -0.2) is 64.0 Å². The molecule has 150 valence electrons. The van der Waals surface area contributed by atoms with Crippen molar-refractivity contribution >= 4 is 11.9 Å². The van der Waals surface area contributed by atoms with E-state index in [0.717, 1.165) is 25.5 Å². The third kappa shape index (κ3) is 5.33. The number of nitrogens with zero attached hydrogens (tertiary/aromatic N) is 1. The van der Waals surface area contributed by atoms with Crippen molar-refractivity contribution in [2.45, 2.75) is 64.5 Å². The highest BCUT2D eigenvalue weighted by molar-refractivity contribution is 5.85. The summed E-state index contributed by atoms with van der Waals surface area (Å²) in [5, 5.41) is 9.64. The molecule has 1 spiro atoms. The van der Waals surface area contributed by atoms with Crippen molar-refractivity contribution in [1.82, 2.24) is 16.0 Å². The first-order valence-corrected chi connectivity index (χ1v) is 10.1. The smallest absolute Gasteiger partial charge is 0.241 e. The maximum atomic E-state index is 11.9. The normalized spacial score (nSPS) is 24.8. The molecular formula is C19H36N4O3. The van der Waals surface area contributed by atoms with Gasteiger partial charge in [-0.1, -0.05) is 19.3 Å². The van der Waals surface area contributed by atoms with Gasteiger partial charge in [0.25, 0.3) is 0 Å². The average Bonchev–Trinajstić information content (AvgIpc) is 2.66. The van der Waals surface area contributed by atoms with Gasteiger partial charge in [0.1, 0.15) is 6.54 Å². The third-order valence-electron chi connectivity index (χ3n) is 5.60. The SMILES string of the molecule is CCNC(=NCC(=O)NCCOC)NC1CC(OCC)C12CCCCC2. The quantitative estimate of drug-likeness (QED) is 0.326. The van der Waals surface area contributed by atoms with Crippen molar-refractivity contribution in [2.24, 2.45) is 10.4 Å². The Balaban J connectivity index is 1.93. The number of rotatable bonds is 9. The highest BCUT2D eigenvalue weighted by Gasteiger charge is 2.55. The maximum Gasteiger partial charge on any atom is 0.241 e. The number of hydrogen-bond acceptors (Lipinski definition) is 4. The molecule has 2 fully saturated rings. The molecule has 0 aromatic heterocycles. The summed E-state index contributed by atoms with van der Waals surface area (Å²) in [7, 11) is 1.62. The van der Waals surface area contributed by atoms with Gasteiger partial charge < -0.3 is 25.4 Å². The molecule has 2 aliphatic carbocycles. The lowest BCUT2D eigenvalue weighted by molar-refractivity contribution is -0.145. The van der Waals surface area contributed by atoms with Crippen LogP contribution in [0.5, 0.6) is 0 Å². The zero-order valence-electron chi connectivity index (χ0n) is 16.6. The molecule has 2 saturated carbocycles. The molecule has 3 N–H and O–H groups in total. The van der Waals surface area contributed by atoms with E-state index in [1.807, 2.05) is 6.92 Å². The molecule has 0 radical (unpaired) electrons. The molecule has 2 rings (SSSR count). The molecule has 7 nitrogen and oxygen atoms in total. The summed E-state index contributed by atoms with van der Waals surface area (Å²) in [6, 6.07) is 0.369. The summed E-state index contributed by atoms with van der Waals surface area (Å²) in [4.78, 5) is 16.3. The second-order valence-corrected chi connectivity index (χ2v) is 7.21. The van der Waals surface area contributed by atoms with Crippen molar-refractivity contribution < 1.29 is 14.3 Å². The number of amides is 1. The molecule has 0 saturated heterocycles. The van der Waals surface area contributed by atoms with Crippen LogP contribution < -0.4 is 16.0 Å². The predicted octanol–water partition coefficient (Wildman–Crippen LogP) is 1.43. The van der Waals surface area contributed by atoms with Gasteiger partial charge in [-0.2, -0.15) is 0 Å². The summed E-state index contributed by atoms with van der Waals surface area (Å²) in [5.74, 6) is 0.631. The highest BCUT2D eigenvalue weighted by atomic mass is 16.5. The van der Waals surface area contributed by atoms with Gasteiger partial charge in [0, 0.05) is 38.3 Å². The number of guanidine groups is 1. The summed E-state index contributed by atoms with van der Waals surface area (Å²) >= 11 is 0. The van der Waals surface area contributed by atoms with Crippen LogP contribution in [-0.2, 0) is 14.3 Å².